The first-order valence-electron chi connectivity index (χ1n) is 5.10. The molecule has 1 saturated heterocycles. The lowest BCUT2D eigenvalue weighted by atomic mass is 10.2. The van der Waals surface area contributed by atoms with Crippen molar-refractivity contribution in [3.8, 4) is 0 Å². The van der Waals surface area contributed by atoms with Gasteiger partial charge in [0.25, 0.3) is 0 Å². The second-order valence-corrected chi connectivity index (χ2v) is 5.52. The summed E-state index contributed by atoms with van der Waals surface area (Å²) in [5.74, 6) is 0. The molecule has 1 N–H and O–H groups in total. The monoisotopic (exact) mass is 346 g/mol. The van der Waals surface area contributed by atoms with E-state index < -0.39 is 0 Å². The number of amides is 2. The zero-order valence-electron chi connectivity index (χ0n) is 8.89. The maximum Gasteiger partial charge on any atom is 0.321 e. The van der Waals surface area contributed by atoms with Gasteiger partial charge in [-0.1, -0.05) is 0 Å². The van der Waals surface area contributed by atoms with Gasteiger partial charge >= 0.3 is 6.03 Å². The van der Waals surface area contributed by atoms with Gasteiger partial charge < -0.3 is 5.32 Å². The summed E-state index contributed by atoms with van der Waals surface area (Å²) < 4.78 is 1.88. The van der Waals surface area contributed by atoms with Gasteiger partial charge in [-0.2, -0.15) is 0 Å². The van der Waals surface area contributed by atoms with Crippen molar-refractivity contribution >= 4 is 43.6 Å². The van der Waals surface area contributed by atoms with Gasteiger partial charge in [-0.25, -0.2) is 4.79 Å². The number of halogens is 2. The van der Waals surface area contributed by atoms with Crippen LogP contribution in [0.15, 0.2) is 21.1 Å². The molecule has 16 heavy (non-hydrogen) atoms. The highest BCUT2D eigenvalue weighted by molar-refractivity contribution is 9.11. The third-order valence-corrected chi connectivity index (χ3v) is 3.72. The van der Waals surface area contributed by atoms with E-state index in [0.717, 1.165) is 39.7 Å². The second-order valence-electron chi connectivity index (χ2n) is 3.81. The number of nitrogens with zero attached hydrogens (tertiary/aromatic N) is 1. The van der Waals surface area contributed by atoms with E-state index in [1.807, 2.05) is 19.1 Å². The summed E-state index contributed by atoms with van der Waals surface area (Å²) in [6.07, 6.45) is 0.971. The number of anilines is 1. The highest BCUT2D eigenvalue weighted by atomic mass is 79.9. The van der Waals surface area contributed by atoms with E-state index in [2.05, 4.69) is 37.2 Å². The van der Waals surface area contributed by atoms with E-state index in [0.29, 0.717) is 0 Å². The molecule has 1 aliphatic rings. The van der Waals surface area contributed by atoms with Crippen LogP contribution in [0.1, 0.15) is 12.0 Å². The maximum atomic E-state index is 11.8. The minimum Gasteiger partial charge on any atom is -0.338 e. The van der Waals surface area contributed by atoms with Crippen molar-refractivity contribution in [2.45, 2.75) is 13.3 Å². The molecule has 5 heteroatoms. The summed E-state index contributed by atoms with van der Waals surface area (Å²) >= 11 is 7.02. The van der Waals surface area contributed by atoms with E-state index in [1.165, 1.54) is 0 Å². The molecule has 1 aromatic rings. The first-order chi connectivity index (χ1) is 7.59. The predicted octanol–water partition coefficient (Wildman–Crippen LogP) is 3.44. The molecule has 0 saturated carbocycles. The molecular weight excluding hydrogens is 336 g/mol. The van der Waals surface area contributed by atoms with Gasteiger partial charge in [-0.3, -0.25) is 4.90 Å². The first kappa shape index (κ1) is 11.9. The molecule has 0 unspecified atom stereocenters. The van der Waals surface area contributed by atoms with Crippen molar-refractivity contribution in [1.82, 2.24) is 5.32 Å². The third-order valence-electron chi connectivity index (χ3n) is 2.51. The van der Waals surface area contributed by atoms with Crippen LogP contribution < -0.4 is 10.2 Å². The van der Waals surface area contributed by atoms with Crippen molar-refractivity contribution in [3.63, 3.8) is 0 Å². The molecule has 0 bridgehead atoms. The van der Waals surface area contributed by atoms with E-state index >= 15 is 0 Å². The molecule has 0 atom stereocenters. The molecule has 2 amide bonds. The lowest BCUT2D eigenvalue weighted by Gasteiger charge is -2.29. The second kappa shape index (κ2) is 4.75. The normalized spacial score (nSPS) is 16.2. The van der Waals surface area contributed by atoms with Gasteiger partial charge in [0, 0.05) is 22.0 Å². The number of carbonyl (C=O) groups is 1. The van der Waals surface area contributed by atoms with Crippen LogP contribution in [0.2, 0.25) is 0 Å². The predicted molar refractivity (Wildman–Crippen MR) is 71.9 cm³/mol. The van der Waals surface area contributed by atoms with Gasteiger partial charge in [0.2, 0.25) is 0 Å². The Balaban J connectivity index is 2.42. The van der Waals surface area contributed by atoms with Crippen molar-refractivity contribution in [1.29, 1.82) is 0 Å². The molecule has 86 valence electrons. The van der Waals surface area contributed by atoms with Crippen molar-refractivity contribution < 1.29 is 4.79 Å². The average molecular weight is 348 g/mol. The third kappa shape index (κ3) is 2.25. The van der Waals surface area contributed by atoms with Crippen LogP contribution in [-0.2, 0) is 0 Å². The van der Waals surface area contributed by atoms with Gasteiger partial charge in [-0.15, -0.1) is 0 Å². The number of urea groups is 1. The summed E-state index contributed by atoms with van der Waals surface area (Å²) in [4.78, 5) is 13.5. The maximum absolute atomic E-state index is 11.8. The molecule has 1 aromatic carbocycles. The van der Waals surface area contributed by atoms with Crippen molar-refractivity contribution in [2.24, 2.45) is 0 Å². The van der Waals surface area contributed by atoms with Gasteiger partial charge in [0.15, 0.2) is 0 Å². The summed E-state index contributed by atoms with van der Waals surface area (Å²) in [7, 11) is 0. The summed E-state index contributed by atoms with van der Waals surface area (Å²) in [5, 5.41) is 2.84. The van der Waals surface area contributed by atoms with Crippen molar-refractivity contribution in [3.05, 3.63) is 26.6 Å². The molecule has 2 rings (SSSR count). The van der Waals surface area contributed by atoms with E-state index in [9.17, 15) is 4.79 Å². The number of carbonyl (C=O) groups excluding carboxylic acids is 1. The average Bonchev–Trinajstić information content (AvgIpc) is 2.19. The molecule has 1 fully saturated rings. The molecule has 0 aromatic heterocycles. The zero-order chi connectivity index (χ0) is 11.7. The lowest BCUT2D eigenvalue weighted by Crippen LogP contribution is -2.46. The molecule has 1 heterocycles. The topological polar surface area (TPSA) is 32.3 Å². The lowest BCUT2D eigenvalue weighted by molar-refractivity contribution is 0.243. The Labute approximate surface area is 111 Å². The minimum atomic E-state index is -0.0310. The highest BCUT2D eigenvalue weighted by Gasteiger charge is 2.23. The van der Waals surface area contributed by atoms with Crippen LogP contribution >= 0.6 is 31.9 Å². The number of hydrogen-bond acceptors (Lipinski definition) is 1. The molecule has 3 nitrogen and oxygen atoms in total. The number of hydrogen-bond donors (Lipinski definition) is 1. The van der Waals surface area contributed by atoms with Gasteiger partial charge in [0.05, 0.1) is 5.69 Å². The van der Waals surface area contributed by atoms with Crippen LogP contribution in [0.3, 0.4) is 0 Å². The Morgan fingerprint density at radius 3 is 2.50 bits per heavy atom. The highest BCUT2D eigenvalue weighted by Crippen LogP contribution is 2.36. The van der Waals surface area contributed by atoms with Crippen molar-refractivity contribution in [2.75, 3.05) is 18.0 Å². The summed E-state index contributed by atoms with van der Waals surface area (Å²) in [6.45, 7) is 3.54. The molecule has 0 radical (unpaired) electrons. The molecule has 1 aliphatic heterocycles. The Morgan fingerprint density at radius 1 is 1.31 bits per heavy atom. The quantitative estimate of drug-likeness (QED) is 0.829. The molecular formula is C11H12Br2N2O. The van der Waals surface area contributed by atoms with Crippen LogP contribution in [0.4, 0.5) is 10.5 Å². The van der Waals surface area contributed by atoms with E-state index in [1.54, 1.807) is 4.90 Å². The Kier molecular flexibility index (Phi) is 3.54. The smallest absolute Gasteiger partial charge is 0.321 e. The minimum absolute atomic E-state index is 0.0310. The van der Waals surface area contributed by atoms with Crippen LogP contribution in [0.5, 0.6) is 0 Å². The number of rotatable bonds is 1. The van der Waals surface area contributed by atoms with Crippen LogP contribution in [0.25, 0.3) is 0 Å². The Hall–Kier alpha value is -0.550. The SMILES string of the molecule is Cc1cc(Br)c(N2CCCNC2=O)c(Br)c1. The van der Waals surface area contributed by atoms with Crippen LogP contribution in [-0.4, -0.2) is 19.1 Å². The van der Waals surface area contributed by atoms with Gasteiger partial charge in [0.1, 0.15) is 0 Å². The first-order valence-corrected chi connectivity index (χ1v) is 6.69. The largest absolute Gasteiger partial charge is 0.338 e. The number of benzene rings is 1. The fraction of sp³-hybridized carbons (Fsp3) is 0.364. The van der Waals surface area contributed by atoms with E-state index in [-0.39, 0.29) is 6.03 Å². The fourth-order valence-electron chi connectivity index (χ4n) is 1.79. The molecule has 0 aliphatic carbocycles. The zero-order valence-corrected chi connectivity index (χ0v) is 12.1. The number of nitrogens with one attached hydrogen (secondary N) is 1. The Morgan fingerprint density at radius 2 is 1.94 bits per heavy atom. The van der Waals surface area contributed by atoms with Crippen LogP contribution in [0, 0.1) is 6.92 Å². The summed E-state index contributed by atoms with van der Waals surface area (Å²) in [5.41, 5.74) is 2.06. The Bertz CT molecular complexity index is 411. The summed E-state index contributed by atoms with van der Waals surface area (Å²) in [6, 6.07) is 4.00. The fourth-order valence-corrected chi connectivity index (χ4v) is 3.64. The molecule has 0 spiro atoms. The standard InChI is InChI=1S/C11H12Br2N2O/c1-7-5-8(12)10(9(13)6-7)15-4-2-3-14-11(15)16/h5-6H,2-4H2,1H3,(H,14,16). The van der Waals surface area contributed by atoms with E-state index in [4.69, 9.17) is 0 Å². The number of aryl methyl sites for hydroxylation is 1. The van der Waals surface area contributed by atoms with Gasteiger partial charge in [-0.05, 0) is 62.9 Å².